The molecule has 0 fully saturated rings. The lowest BCUT2D eigenvalue weighted by Gasteiger charge is -2.18. The molecule has 2 heterocycles. The molecule has 2 aromatic heterocycles. The first kappa shape index (κ1) is 27.4. The molecule has 0 aliphatic rings. The van der Waals surface area contributed by atoms with Gasteiger partial charge < -0.3 is 9.13 Å². The summed E-state index contributed by atoms with van der Waals surface area (Å²) in [5.41, 5.74) is 11.3. The minimum Gasteiger partial charge on any atom is -0.309 e. The van der Waals surface area contributed by atoms with Gasteiger partial charge in [0.1, 0.15) is 6.07 Å². The van der Waals surface area contributed by atoms with Gasteiger partial charge in [-0.2, -0.15) is 10.5 Å². The quantitative estimate of drug-likeness (QED) is 0.199. The molecule has 0 spiro atoms. The Bertz CT molecular complexity index is 2750. The van der Waals surface area contributed by atoms with E-state index in [1.807, 2.05) is 48.5 Å². The maximum absolute atomic E-state index is 10.5. The molecule has 0 N–H and O–H groups in total. The van der Waals surface area contributed by atoms with E-state index in [4.69, 9.17) is 0 Å². The van der Waals surface area contributed by atoms with E-state index in [-0.39, 0.29) is 0 Å². The van der Waals surface area contributed by atoms with Crippen LogP contribution in [0, 0.1) is 22.7 Å². The second kappa shape index (κ2) is 10.9. The topological polar surface area (TPSA) is 57.4 Å². The molecule has 0 aliphatic heterocycles. The van der Waals surface area contributed by atoms with Crippen LogP contribution in [0.1, 0.15) is 11.1 Å². The van der Waals surface area contributed by atoms with Gasteiger partial charge in [0.2, 0.25) is 0 Å². The van der Waals surface area contributed by atoms with Crippen molar-refractivity contribution >= 4 is 43.6 Å². The van der Waals surface area contributed by atoms with Gasteiger partial charge in [0.25, 0.3) is 0 Å². The Morgan fingerprint density at radius 3 is 1.54 bits per heavy atom. The summed E-state index contributed by atoms with van der Waals surface area (Å²) < 4.78 is 4.47. The summed E-state index contributed by atoms with van der Waals surface area (Å²) in [4.78, 5) is 0. The molecule has 4 heteroatoms. The van der Waals surface area contributed by atoms with Gasteiger partial charge in [0.15, 0.2) is 0 Å². The number of fused-ring (bicyclic) bond motifs is 6. The molecule has 4 nitrogen and oxygen atoms in total. The van der Waals surface area contributed by atoms with Crippen molar-refractivity contribution < 1.29 is 0 Å². The Balaban J connectivity index is 1.25. The van der Waals surface area contributed by atoms with E-state index >= 15 is 0 Å². The fourth-order valence-electron chi connectivity index (χ4n) is 7.40. The van der Waals surface area contributed by atoms with Gasteiger partial charge in [-0.1, -0.05) is 109 Å². The molecule has 0 atom stereocenters. The highest BCUT2D eigenvalue weighted by Crippen LogP contribution is 2.42. The molecule has 0 saturated heterocycles. The molecular weight excluding hydrogens is 585 g/mol. The lowest BCUT2D eigenvalue weighted by Crippen LogP contribution is -2.00. The fourth-order valence-corrected chi connectivity index (χ4v) is 7.40. The number of nitriles is 2. The Hall–Kier alpha value is -6.88. The van der Waals surface area contributed by atoms with Crippen LogP contribution in [0.5, 0.6) is 0 Å². The van der Waals surface area contributed by atoms with E-state index in [1.165, 1.54) is 10.8 Å². The van der Waals surface area contributed by atoms with E-state index < -0.39 is 0 Å². The van der Waals surface area contributed by atoms with Gasteiger partial charge in [-0.15, -0.1) is 0 Å². The molecule has 0 aliphatic carbocycles. The van der Waals surface area contributed by atoms with Gasteiger partial charge in [-0.05, 0) is 65.2 Å². The van der Waals surface area contributed by atoms with Crippen molar-refractivity contribution in [2.45, 2.75) is 0 Å². The number of rotatable bonds is 4. The lowest BCUT2D eigenvalue weighted by atomic mass is 9.90. The molecule has 0 saturated carbocycles. The van der Waals surface area contributed by atoms with Crippen LogP contribution in [0.4, 0.5) is 0 Å². The Morgan fingerprint density at radius 1 is 0.396 bits per heavy atom. The van der Waals surface area contributed by atoms with Crippen molar-refractivity contribution in [1.82, 2.24) is 9.13 Å². The Labute approximate surface area is 277 Å². The van der Waals surface area contributed by atoms with Crippen LogP contribution in [-0.2, 0) is 0 Å². The predicted octanol–water partition coefficient (Wildman–Crippen LogP) is 11.0. The molecule has 9 aromatic rings. The van der Waals surface area contributed by atoms with Crippen LogP contribution in [0.25, 0.3) is 77.2 Å². The molecule has 0 unspecified atom stereocenters. The largest absolute Gasteiger partial charge is 0.309 e. The van der Waals surface area contributed by atoms with Crippen molar-refractivity contribution in [3.8, 4) is 45.8 Å². The van der Waals surface area contributed by atoms with Gasteiger partial charge in [-0.25, -0.2) is 0 Å². The van der Waals surface area contributed by atoms with Crippen molar-refractivity contribution in [2.24, 2.45) is 0 Å². The second-order valence-electron chi connectivity index (χ2n) is 11.9. The van der Waals surface area contributed by atoms with Gasteiger partial charge in [0, 0.05) is 32.8 Å². The van der Waals surface area contributed by atoms with Gasteiger partial charge in [-0.3, -0.25) is 0 Å². The third-order valence-electron chi connectivity index (χ3n) is 9.43. The average molecular weight is 611 g/mol. The zero-order valence-corrected chi connectivity index (χ0v) is 25.8. The zero-order valence-electron chi connectivity index (χ0n) is 25.8. The van der Waals surface area contributed by atoms with E-state index in [2.05, 4.69) is 130 Å². The first-order valence-electron chi connectivity index (χ1n) is 15.9. The molecule has 0 bridgehead atoms. The number of para-hydroxylation sites is 4. The number of aromatic nitrogens is 2. The molecule has 7 aromatic carbocycles. The predicted molar refractivity (Wildman–Crippen MR) is 195 cm³/mol. The van der Waals surface area contributed by atoms with Crippen LogP contribution in [0.2, 0.25) is 0 Å². The number of hydrogen-bond donors (Lipinski definition) is 0. The smallest absolute Gasteiger partial charge is 0.101 e. The normalized spacial score (nSPS) is 11.3. The molecule has 0 amide bonds. The van der Waals surface area contributed by atoms with Crippen LogP contribution in [0.15, 0.2) is 158 Å². The highest BCUT2D eigenvalue weighted by Gasteiger charge is 2.21. The summed E-state index contributed by atoms with van der Waals surface area (Å²) in [7, 11) is 0. The highest BCUT2D eigenvalue weighted by molar-refractivity contribution is 6.11. The minimum absolute atomic E-state index is 0.618. The maximum Gasteiger partial charge on any atom is 0.101 e. The van der Waals surface area contributed by atoms with Crippen molar-refractivity contribution in [3.05, 3.63) is 169 Å². The molecule has 222 valence electrons. The fraction of sp³-hybridized carbons (Fsp3) is 0. The number of hydrogen-bond acceptors (Lipinski definition) is 2. The summed E-state index contributed by atoms with van der Waals surface area (Å²) in [6, 6.07) is 58.9. The van der Waals surface area contributed by atoms with E-state index in [1.54, 1.807) is 0 Å². The van der Waals surface area contributed by atoms with Crippen molar-refractivity contribution in [1.29, 1.82) is 10.5 Å². The summed E-state index contributed by atoms with van der Waals surface area (Å²) in [5, 5.41) is 25.0. The Kier molecular flexibility index (Phi) is 6.22. The first-order chi connectivity index (χ1) is 23.8. The van der Waals surface area contributed by atoms with Crippen molar-refractivity contribution in [3.63, 3.8) is 0 Å². The van der Waals surface area contributed by atoms with Gasteiger partial charge in [0.05, 0.1) is 45.0 Å². The van der Waals surface area contributed by atoms with E-state index in [0.717, 1.165) is 66.5 Å². The van der Waals surface area contributed by atoms with Crippen LogP contribution >= 0.6 is 0 Å². The SMILES string of the molecule is N#Cc1cccc(-n2c3ccccc3c3ccccc32)c1-c1ccccc1-c1ccc(-n2c3ccccc3c3cccc(C#N)c32)cc1. The number of benzene rings is 7. The monoisotopic (exact) mass is 610 g/mol. The maximum atomic E-state index is 10.5. The van der Waals surface area contributed by atoms with Crippen LogP contribution in [-0.4, -0.2) is 9.13 Å². The third-order valence-corrected chi connectivity index (χ3v) is 9.43. The summed E-state index contributed by atoms with van der Waals surface area (Å²) in [6.07, 6.45) is 0. The summed E-state index contributed by atoms with van der Waals surface area (Å²) in [5.74, 6) is 0. The molecule has 0 radical (unpaired) electrons. The van der Waals surface area contributed by atoms with Gasteiger partial charge >= 0.3 is 0 Å². The lowest BCUT2D eigenvalue weighted by molar-refractivity contribution is 1.17. The molecule has 9 rings (SSSR count). The minimum atomic E-state index is 0.618. The van der Waals surface area contributed by atoms with E-state index in [0.29, 0.717) is 11.1 Å². The number of nitrogens with zero attached hydrogens (tertiary/aromatic N) is 4. The molecule has 48 heavy (non-hydrogen) atoms. The summed E-state index contributed by atoms with van der Waals surface area (Å²) >= 11 is 0. The van der Waals surface area contributed by atoms with Crippen LogP contribution < -0.4 is 0 Å². The second-order valence-corrected chi connectivity index (χ2v) is 11.9. The van der Waals surface area contributed by atoms with Crippen LogP contribution in [0.3, 0.4) is 0 Å². The average Bonchev–Trinajstić information content (AvgIpc) is 3.68. The highest BCUT2D eigenvalue weighted by atomic mass is 15.0. The van der Waals surface area contributed by atoms with Crippen molar-refractivity contribution in [2.75, 3.05) is 0 Å². The molecular formula is C44H26N4. The first-order valence-corrected chi connectivity index (χ1v) is 15.9. The Morgan fingerprint density at radius 2 is 0.896 bits per heavy atom. The summed E-state index contributed by atoms with van der Waals surface area (Å²) in [6.45, 7) is 0. The standard InChI is InChI=1S/C44H26N4/c45-27-30-11-10-22-42(48-40-20-7-3-14-34(40)35-15-4-8-21-41(35)48)43(30)37-17-2-1-13-33(37)29-23-25-32(26-24-29)47-39-19-6-5-16-36(39)38-18-9-12-31(28-46)44(38)47/h1-26H. The third kappa shape index (κ3) is 4.01. The van der Waals surface area contributed by atoms with E-state index in [9.17, 15) is 10.5 Å². The zero-order chi connectivity index (χ0) is 32.2.